The summed E-state index contributed by atoms with van der Waals surface area (Å²) in [6.07, 6.45) is 0. The fraction of sp³-hybridized carbons (Fsp3) is 0.111. The monoisotopic (exact) mass is 186 g/mol. The average Bonchev–Trinajstić information content (AvgIpc) is 2.05. The van der Waals surface area contributed by atoms with E-state index in [1.165, 1.54) is 0 Å². The van der Waals surface area contributed by atoms with E-state index in [9.17, 15) is 0 Å². The van der Waals surface area contributed by atoms with Crippen LogP contribution in [-0.2, 0) is 0 Å². The summed E-state index contributed by atoms with van der Waals surface area (Å²) in [4.78, 5) is 0. The minimum absolute atomic E-state index is 0.618. The van der Waals surface area contributed by atoms with Gasteiger partial charge in [-0.05, 0) is 12.5 Å². The fourth-order valence-electron chi connectivity index (χ4n) is 0.783. The summed E-state index contributed by atoms with van der Waals surface area (Å²) in [6, 6.07) is 9.65. The second-order valence-electron chi connectivity index (χ2n) is 2.21. The highest BCUT2D eigenvalue weighted by Gasteiger charge is 1.98. The van der Waals surface area contributed by atoms with E-state index in [0.717, 1.165) is 5.56 Å². The molecule has 0 unspecified atom stereocenters. The first-order valence-corrected chi connectivity index (χ1v) is 4.04. The van der Waals surface area contributed by atoms with Gasteiger partial charge in [0.15, 0.2) is 0 Å². The van der Waals surface area contributed by atoms with Crippen LogP contribution < -0.4 is 0 Å². The van der Waals surface area contributed by atoms with Crippen LogP contribution in [0.15, 0.2) is 35.4 Å². The number of benzene rings is 1. The molecule has 0 bridgehead atoms. The van der Waals surface area contributed by atoms with Gasteiger partial charge in [0.05, 0.1) is 5.03 Å². The van der Waals surface area contributed by atoms with Crippen molar-refractivity contribution in [2.75, 3.05) is 0 Å². The van der Waals surface area contributed by atoms with Gasteiger partial charge in [-0.3, -0.25) is 0 Å². The molecule has 0 spiro atoms. The zero-order chi connectivity index (χ0) is 8.27. The molecule has 58 valence electrons. The van der Waals surface area contributed by atoms with Gasteiger partial charge >= 0.3 is 0 Å². The topological polar surface area (TPSA) is 0 Å². The Hall–Kier alpha value is -0.460. The summed E-state index contributed by atoms with van der Waals surface area (Å²) in [5.74, 6) is 0. The summed E-state index contributed by atoms with van der Waals surface area (Å²) in [5, 5.41) is 1.24. The molecule has 0 amide bonds. The van der Waals surface area contributed by atoms with E-state index < -0.39 is 0 Å². The van der Waals surface area contributed by atoms with Crippen molar-refractivity contribution in [3.05, 3.63) is 40.9 Å². The lowest BCUT2D eigenvalue weighted by molar-refractivity contribution is 1.61. The quantitative estimate of drug-likeness (QED) is 0.626. The molecule has 1 rings (SSSR count). The molecule has 1 aromatic rings. The predicted molar refractivity (Wildman–Crippen MR) is 50.7 cm³/mol. The van der Waals surface area contributed by atoms with Gasteiger partial charge in [-0.25, -0.2) is 0 Å². The molecule has 0 N–H and O–H groups in total. The van der Waals surface area contributed by atoms with E-state index in [1.807, 2.05) is 30.3 Å². The summed E-state index contributed by atoms with van der Waals surface area (Å²) in [6.45, 7) is 1.77. The van der Waals surface area contributed by atoms with Gasteiger partial charge in [-0.2, -0.15) is 0 Å². The van der Waals surface area contributed by atoms with Crippen LogP contribution in [0.3, 0.4) is 0 Å². The maximum absolute atomic E-state index is 5.89. The lowest BCUT2D eigenvalue weighted by atomic mass is 10.2. The van der Waals surface area contributed by atoms with Crippen molar-refractivity contribution >= 4 is 28.2 Å². The van der Waals surface area contributed by atoms with E-state index in [1.54, 1.807) is 6.92 Å². The molecule has 0 radical (unpaired) electrons. The maximum atomic E-state index is 5.89. The Morgan fingerprint density at radius 3 is 2.09 bits per heavy atom. The van der Waals surface area contributed by atoms with Crippen LogP contribution in [0, 0.1) is 0 Å². The van der Waals surface area contributed by atoms with E-state index in [0.29, 0.717) is 10.1 Å². The highest BCUT2D eigenvalue weighted by Crippen LogP contribution is 2.24. The normalized spacial score (nSPS) is 12.6. The van der Waals surface area contributed by atoms with Crippen molar-refractivity contribution in [3.8, 4) is 0 Å². The molecule has 0 fully saturated rings. The highest BCUT2D eigenvalue weighted by molar-refractivity contribution is 6.54. The Morgan fingerprint density at radius 2 is 1.64 bits per heavy atom. The molecule has 0 heterocycles. The summed E-state index contributed by atoms with van der Waals surface area (Å²) < 4.78 is 0. The Kier molecular flexibility index (Phi) is 2.98. The van der Waals surface area contributed by atoms with Crippen molar-refractivity contribution in [3.63, 3.8) is 0 Å². The van der Waals surface area contributed by atoms with Gasteiger partial charge in [0.2, 0.25) is 0 Å². The first-order chi connectivity index (χ1) is 5.22. The predicted octanol–water partition coefficient (Wildman–Crippen LogP) is 3.85. The van der Waals surface area contributed by atoms with Crippen LogP contribution in [0.4, 0.5) is 0 Å². The average molecular weight is 187 g/mol. The van der Waals surface area contributed by atoms with Crippen LogP contribution in [0.5, 0.6) is 0 Å². The summed E-state index contributed by atoms with van der Waals surface area (Å²) in [7, 11) is 0. The molecule has 0 atom stereocenters. The molecule has 1 aromatic carbocycles. The van der Waals surface area contributed by atoms with Gasteiger partial charge in [0, 0.05) is 5.03 Å². The van der Waals surface area contributed by atoms with Crippen LogP contribution >= 0.6 is 23.2 Å². The minimum Gasteiger partial charge on any atom is -0.0878 e. The number of hydrogen-bond donors (Lipinski definition) is 0. The van der Waals surface area contributed by atoms with Crippen molar-refractivity contribution < 1.29 is 0 Å². The molecule has 0 aliphatic heterocycles. The van der Waals surface area contributed by atoms with Crippen LogP contribution in [0.1, 0.15) is 12.5 Å². The van der Waals surface area contributed by atoms with Crippen LogP contribution in [0.2, 0.25) is 0 Å². The first-order valence-electron chi connectivity index (χ1n) is 3.29. The van der Waals surface area contributed by atoms with Crippen molar-refractivity contribution in [2.45, 2.75) is 6.92 Å². The largest absolute Gasteiger partial charge is 0.0878 e. The zero-order valence-electron chi connectivity index (χ0n) is 6.14. The molecule has 0 aliphatic carbocycles. The Balaban J connectivity index is 3.04. The van der Waals surface area contributed by atoms with E-state index >= 15 is 0 Å². The molecule has 0 saturated carbocycles. The molecule has 11 heavy (non-hydrogen) atoms. The summed E-state index contributed by atoms with van der Waals surface area (Å²) in [5.41, 5.74) is 0.960. The lowest BCUT2D eigenvalue weighted by Gasteiger charge is -1.98. The van der Waals surface area contributed by atoms with E-state index in [4.69, 9.17) is 23.2 Å². The van der Waals surface area contributed by atoms with Crippen LogP contribution in [0.25, 0.3) is 5.03 Å². The molecule has 2 heteroatoms. The third-order valence-electron chi connectivity index (χ3n) is 1.33. The molecular weight excluding hydrogens is 179 g/mol. The molecule has 0 saturated heterocycles. The number of hydrogen-bond acceptors (Lipinski definition) is 0. The van der Waals surface area contributed by atoms with Crippen molar-refractivity contribution in [1.82, 2.24) is 0 Å². The van der Waals surface area contributed by atoms with Crippen molar-refractivity contribution in [2.24, 2.45) is 0 Å². The van der Waals surface area contributed by atoms with Gasteiger partial charge in [-0.15, -0.1) is 0 Å². The second kappa shape index (κ2) is 3.80. The summed E-state index contributed by atoms with van der Waals surface area (Å²) >= 11 is 11.6. The van der Waals surface area contributed by atoms with Gasteiger partial charge < -0.3 is 0 Å². The number of halogens is 2. The zero-order valence-corrected chi connectivity index (χ0v) is 7.65. The van der Waals surface area contributed by atoms with Gasteiger partial charge in [0.1, 0.15) is 0 Å². The second-order valence-corrected chi connectivity index (χ2v) is 3.16. The smallest absolute Gasteiger partial charge is 0.0620 e. The first kappa shape index (κ1) is 8.63. The standard InChI is InChI=1S/C9H8Cl2/c1-7(10)9(11)8-5-3-2-4-6-8/h2-6H,1H3. The Bertz CT molecular complexity index is 258. The third kappa shape index (κ3) is 2.25. The van der Waals surface area contributed by atoms with E-state index in [2.05, 4.69) is 0 Å². The SMILES string of the molecule is CC(Cl)=C(Cl)c1ccccc1. The van der Waals surface area contributed by atoms with Gasteiger partial charge in [0.25, 0.3) is 0 Å². The van der Waals surface area contributed by atoms with Crippen LogP contribution in [-0.4, -0.2) is 0 Å². The Labute approximate surface area is 76.4 Å². The third-order valence-corrected chi connectivity index (χ3v) is 2.12. The molecule has 0 aromatic heterocycles. The number of allylic oxidation sites excluding steroid dienone is 1. The highest BCUT2D eigenvalue weighted by atomic mass is 35.5. The Morgan fingerprint density at radius 1 is 1.09 bits per heavy atom. The lowest BCUT2D eigenvalue weighted by Crippen LogP contribution is -1.75. The maximum Gasteiger partial charge on any atom is 0.0620 e. The molecule has 0 aliphatic rings. The number of rotatable bonds is 1. The van der Waals surface area contributed by atoms with Gasteiger partial charge in [-0.1, -0.05) is 53.5 Å². The fourth-order valence-corrected chi connectivity index (χ4v) is 1.02. The minimum atomic E-state index is 0.618. The molecule has 0 nitrogen and oxygen atoms in total. The van der Waals surface area contributed by atoms with E-state index in [-0.39, 0.29) is 0 Å². The van der Waals surface area contributed by atoms with Crippen molar-refractivity contribution in [1.29, 1.82) is 0 Å². The molecular formula is C9H8Cl2.